The Morgan fingerprint density at radius 2 is 1.69 bits per heavy atom. The summed E-state index contributed by atoms with van der Waals surface area (Å²) in [7, 11) is 1.50. The molecular formula is C30H46N4O5. The number of nitrogens with one attached hydrogen (secondary N) is 2. The van der Waals surface area contributed by atoms with Crippen molar-refractivity contribution in [1.29, 1.82) is 0 Å². The molecule has 1 aliphatic carbocycles. The highest BCUT2D eigenvalue weighted by molar-refractivity contribution is 5.99. The average molecular weight is 543 g/mol. The minimum Gasteiger partial charge on any atom is -0.444 e. The first kappa shape index (κ1) is 30.4. The lowest BCUT2D eigenvalue weighted by molar-refractivity contribution is -0.143. The number of hydrogen-bond acceptors (Lipinski definition) is 5. The predicted octanol–water partition coefficient (Wildman–Crippen LogP) is 4.28. The van der Waals surface area contributed by atoms with Crippen LogP contribution in [0.5, 0.6) is 0 Å². The van der Waals surface area contributed by atoms with Gasteiger partial charge in [-0.15, -0.1) is 0 Å². The van der Waals surface area contributed by atoms with Gasteiger partial charge in [-0.1, -0.05) is 32.9 Å². The van der Waals surface area contributed by atoms with Crippen LogP contribution in [0.1, 0.15) is 85.3 Å². The molecule has 3 atom stereocenters. The molecule has 1 heterocycles. The number of fused-ring (bicyclic) bond motifs is 1. The zero-order valence-electron chi connectivity index (χ0n) is 24.8. The monoisotopic (exact) mass is 542 g/mol. The van der Waals surface area contributed by atoms with Crippen LogP contribution in [-0.2, 0) is 32.0 Å². The lowest BCUT2D eigenvalue weighted by atomic mass is 9.85. The average Bonchev–Trinajstić information content (AvgIpc) is 3.34. The summed E-state index contributed by atoms with van der Waals surface area (Å²) >= 11 is 0. The third kappa shape index (κ3) is 7.51. The Morgan fingerprint density at radius 3 is 2.33 bits per heavy atom. The number of ether oxygens (including phenoxy) is 1. The van der Waals surface area contributed by atoms with Gasteiger partial charge >= 0.3 is 6.09 Å². The number of carbonyl (C=O) groups is 4. The van der Waals surface area contributed by atoms with Gasteiger partial charge in [-0.25, -0.2) is 4.79 Å². The Balaban J connectivity index is 1.73. The molecule has 0 aromatic heterocycles. The summed E-state index contributed by atoms with van der Waals surface area (Å²) in [5.41, 5.74) is 1.97. The van der Waals surface area contributed by atoms with E-state index in [0.29, 0.717) is 19.4 Å². The molecule has 0 radical (unpaired) electrons. The molecule has 2 aliphatic rings. The van der Waals surface area contributed by atoms with Crippen LogP contribution < -0.4 is 10.6 Å². The summed E-state index contributed by atoms with van der Waals surface area (Å²) < 4.78 is 5.38. The Bertz CT molecular complexity index is 1090. The van der Waals surface area contributed by atoms with Crippen LogP contribution in [0.2, 0.25) is 0 Å². The van der Waals surface area contributed by atoms with Gasteiger partial charge in [0.05, 0.1) is 0 Å². The van der Waals surface area contributed by atoms with Gasteiger partial charge in [-0.2, -0.15) is 0 Å². The summed E-state index contributed by atoms with van der Waals surface area (Å²) in [6, 6.07) is 3.67. The third-order valence-corrected chi connectivity index (χ3v) is 7.53. The van der Waals surface area contributed by atoms with E-state index in [1.54, 1.807) is 32.6 Å². The fraction of sp³-hybridized carbons (Fsp3) is 0.667. The van der Waals surface area contributed by atoms with Gasteiger partial charge in [0, 0.05) is 19.3 Å². The second kappa shape index (κ2) is 12.0. The van der Waals surface area contributed by atoms with Crippen molar-refractivity contribution in [2.75, 3.05) is 18.9 Å². The summed E-state index contributed by atoms with van der Waals surface area (Å²) in [5.74, 6) is -0.958. The Kier molecular flexibility index (Phi) is 9.34. The number of rotatable bonds is 6. The van der Waals surface area contributed by atoms with E-state index in [0.717, 1.165) is 31.4 Å². The quantitative estimate of drug-likeness (QED) is 0.558. The lowest BCUT2D eigenvalue weighted by Crippen LogP contribution is -2.59. The normalized spacial score (nSPS) is 19.0. The van der Waals surface area contributed by atoms with Crippen molar-refractivity contribution in [3.63, 3.8) is 0 Å². The first-order valence-corrected chi connectivity index (χ1v) is 14.1. The van der Waals surface area contributed by atoms with Crippen molar-refractivity contribution in [3.05, 3.63) is 29.3 Å². The van der Waals surface area contributed by atoms with Crippen LogP contribution in [0, 0.1) is 5.41 Å². The molecule has 1 aromatic rings. The second-order valence-electron chi connectivity index (χ2n) is 12.9. The topological polar surface area (TPSA) is 108 Å². The Morgan fingerprint density at radius 1 is 1.03 bits per heavy atom. The predicted molar refractivity (Wildman–Crippen MR) is 151 cm³/mol. The second-order valence-corrected chi connectivity index (χ2v) is 12.9. The Hall–Kier alpha value is -3.10. The number of likely N-dealkylation sites (tertiary alicyclic amines) is 1. The molecule has 216 valence electrons. The molecule has 1 saturated heterocycles. The van der Waals surface area contributed by atoms with Crippen molar-refractivity contribution in [2.24, 2.45) is 5.41 Å². The molecule has 0 saturated carbocycles. The molecule has 3 rings (SSSR count). The largest absolute Gasteiger partial charge is 0.444 e. The number of aryl methyl sites for hydroxylation is 1. The van der Waals surface area contributed by atoms with Crippen molar-refractivity contribution >= 4 is 29.5 Å². The Labute approximate surface area is 233 Å². The summed E-state index contributed by atoms with van der Waals surface area (Å²) in [5, 5.41) is 5.97. The summed E-state index contributed by atoms with van der Waals surface area (Å²) in [6.45, 7) is 12.9. The molecule has 9 heteroatoms. The maximum atomic E-state index is 13.9. The molecule has 0 unspecified atom stereocenters. The minimum absolute atomic E-state index is 0.197. The molecule has 2 N–H and O–H groups in total. The molecular weight excluding hydrogens is 496 g/mol. The third-order valence-electron chi connectivity index (χ3n) is 7.53. The number of amides is 4. The van der Waals surface area contributed by atoms with E-state index in [4.69, 9.17) is 4.74 Å². The number of hydrogen-bond donors (Lipinski definition) is 2. The zero-order valence-corrected chi connectivity index (χ0v) is 24.8. The van der Waals surface area contributed by atoms with Crippen LogP contribution >= 0.6 is 0 Å². The van der Waals surface area contributed by atoms with Crippen molar-refractivity contribution in [2.45, 2.75) is 111 Å². The number of carbonyl (C=O) groups excluding carboxylic acids is 4. The van der Waals surface area contributed by atoms with Gasteiger partial charge in [0.2, 0.25) is 17.7 Å². The lowest BCUT2D eigenvalue weighted by Gasteiger charge is -2.36. The molecule has 0 spiro atoms. The van der Waals surface area contributed by atoms with Crippen LogP contribution in [-0.4, -0.2) is 70.9 Å². The van der Waals surface area contributed by atoms with E-state index in [9.17, 15) is 19.2 Å². The number of likely N-dealkylation sites (N-methyl/N-ethyl adjacent to an activating group) is 1. The van der Waals surface area contributed by atoms with Gasteiger partial charge in [-0.3, -0.25) is 19.3 Å². The maximum absolute atomic E-state index is 13.9. The maximum Gasteiger partial charge on any atom is 0.410 e. The zero-order chi connectivity index (χ0) is 29.1. The fourth-order valence-corrected chi connectivity index (χ4v) is 5.16. The van der Waals surface area contributed by atoms with E-state index in [-0.39, 0.29) is 11.8 Å². The van der Waals surface area contributed by atoms with Crippen LogP contribution in [0.15, 0.2) is 18.2 Å². The summed E-state index contributed by atoms with van der Waals surface area (Å²) in [6.07, 6.45) is 4.86. The standard InChI is InChI=1S/C30H46N4O5/c1-19(33(8)28(38)39-30(5,6)7)25(35)32-24(29(2,3)4)27(37)34-18-12-17-23(34)26(36)31-22-16-11-14-20-13-9-10-15-21(20)22/h11,14,16,19,23-24H,9-10,12-13,15,17-18H2,1-8H3,(H,31,36)(H,32,35)/t19-,23-,24+/m0/s1. The van der Waals surface area contributed by atoms with E-state index in [2.05, 4.69) is 16.7 Å². The SMILES string of the molecule is C[C@@H](C(=O)N[C@H](C(=O)N1CCC[C@H]1C(=O)Nc1cccc2c1CCCC2)C(C)(C)C)N(C)C(=O)OC(C)(C)C. The van der Waals surface area contributed by atoms with Crippen molar-refractivity contribution in [3.8, 4) is 0 Å². The number of anilines is 1. The first-order valence-electron chi connectivity index (χ1n) is 14.1. The highest BCUT2D eigenvalue weighted by Crippen LogP contribution is 2.30. The van der Waals surface area contributed by atoms with E-state index in [1.807, 2.05) is 32.9 Å². The molecule has 1 fully saturated rings. The highest BCUT2D eigenvalue weighted by Gasteiger charge is 2.43. The van der Waals surface area contributed by atoms with Crippen LogP contribution in [0.4, 0.5) is 10.5 Å². The molecule has 39 heavy (non-hydrogen) atoms. The van der Waals surface area contributed by atoms with Gasteiger partial charge < -0.3 is 20.3 Å². The van der Waals surface area contributed by atoms with Gasteiger partial charge in [0.25, 0.3) is 0 Å². The van der Waals surface area contributed by atoms with Gasteiger partial charge in [0.15, 0.2) is 0 Å². The smallest absolute Gasteiger partial charge is 0.410 e. The molecule has 0 bridgehead atoms. The highest BCUT2D eigenvalue weighted by atomic mass is 16.6. The van der Waals surface area contributed by atoms with E-state index >= 15 is 0 Å². The van der Waals surface area contributed by atoms with Crippen molar-refractivity contribution < 1.29 is 23.9 Å². The minimum atomic E-state index is -0.877. The van der Waals surface area contributed by atoms with Gasteiger partial charge in [0.1, 0.15) is 23.7 Å². The van der Waals surface area contributed by atoms with Crippen LogP contribution in [0.25, 0.3) is 0 Å². The fourth-order valence-electron chi connectivity index (χ4n) is 5.16. The molecule has 9 nitrogen and oxygen atoms in total. The van der Waals surface area contributed by atoms with Crippen LogP contribution in [0.3, 0.4) is 0 Å². The molecule has 1 aromatic carbocycles. The van der Waals surface area contributed by atoms with Gasteiger partial charge in [-0.05, 0) is 88.8 Å². The number of nitrogens with zero attached hydrogens (tertiary/aromatic N) is 2. The van der Waals surface area contributed by atoms with E-state index < -0.39 is 41.1 Å². The van der Waals surface area contributed by atoms with E-state index in [1.165, 1.54) is 23.1 Å². The van der Waals surface area contributed by atoms with Crippen molar-refractivity contribution in [1.82, 2.24) is 15.1 Å². The number of benzene rings is 1. The molecule has 1 aliphatic heterocycles. The summed E-state index contributed by atoms with van der Waals surface area (Å²) in [4.78, 5) is 55.8. The first-order chi connectivity index (χ1) is 18.1. The molecule has 4 amide bonds.